The van der Waals surface area contributed by atoms with Crippen molar-refractivity contribution in [3.63, 3.8) is 0 Å². The van der Waals surface area contributed by atoms with E-state index in [4.69, 9.17) is 10.5 Å². The third kappa shape index (κ3) is 2.27. The van der Waals surface area contributed by atoms with E-state index >= 15 is 0 Å². The number of nitrogen functional groups attached to an aromatic ring is 1. The van der Waals surface area contributed by atoms with Crippen LogP contribution in [0.2, 0.25) is 0 Å². The molecule has 0 aliphatic carbocycles. The Bertz CT molecular complexity index is 610. The molecule has 0 spiro atoms. The van der Waals surface area contributed by atoms with E-state index in [1.54, 1.807) is 33.0 Å². The predicted molar refractivity (Wildman–Crippen MR) is 67.3 cm³/mol. The largest absolute Gasteiger partial charge is 0.456 e. The average molecular weight is 248 g/mol. The molecule has 0 saturated heterocycles. The number of anilines is 1. The van der Waals surface area contributed by atoms with Crippen molar-refractivity contribution < 1.29 is 9.53 Å². The number of aryl methyl sites for hydroxylation is 1. The first kappa shape index (κ1) is 12.3. The standard InChI is InChI=1S/C12H16N4O2/c1-7-5-6-16-10(14-7)8(9(13)15-16)11(17)18-12(2,3)4/h5-6H,1-4H3,(H2,13,15). The fourth-order valence-corrected chi connectivity index (χ4v) is 1.56. The number of ether oxygens (including phenoxy) is 1. The summed E-state index contributed by atoms with van der Waals surface area (Å²) in [4.78, 5) is 16.3. The zero-order valence-electron chi connectivity index (χ0n) is 10.9. The van der Waals surface area contributed by atoms with Gasteiger partial charge in [0, 0.05) is 11.9 Å². The Hall–Kier alpha value is -2.11. The zero-order chi connectivity index (χ0) is 13.5. The molecular formula is C12H16N4O2. The summed E-state index contributed by atoms with van der Waals surface area (Å²) in [7, 11) is 0. The van der Waals surface area contributed by atoms with Crippen LogP contribution in [0.1, 0.15) is 36.8 Å². The maximum Gasteiger partial charge on any atom is 0.346 e. The molecule has 6 heteroatoms. The molecule has 6 nitrogen and oxygen atoms in total. The first-order valence-corrected chi connectivity index (χ1v) is 5.63. The number of nitrogens with zero attached hydrogens (tertiary/aromatic N) is 3. The summed E-state index contributed by atoms with van der Waals surface area (Å²) in [6.45, 7) is 7.23. The molecule has 18 heavy (non-hydrogen) atoms. The minimum absolute atomic E-state index is 0.127. The number of hydrogen-bond acceptors (Lipinski definition) is 5. The van der Waals surface area contributed by atoms with Crippen molar-refractivity contribution in [2.45, 2.75) is 33.3 Å². The Kier molecular flexibility index (Phi) is 2.73. The molecule has 2 N–H and O–H groups in total. The van der Waals surface area contributed by atoms with Gasteiger partial charge in [-0.1, -0.05) is 0 Å². The molecule has 2 aromatic rings. The summed E-state index contributed by atoms with van der Waals surface area (Å²) in [6, 6.07) is 1.79. The van der Waals surface area contributed by atoms with Crippen LogP contribution in [0.3, 0.4) is 0 Å². The highest BCUT2D eigenvalue weighted by molar-refractivity contribution is 6.00. The Morgan fingerprint density at radius 1 is 1.44 bits per heavy atom. The molecule has 0 aliphatic rings. The van der Waals surface area contributed by atoms with Gasteiger partial charge in [-0.25, -0.2) is 14.3 Å². The lowest BCUT2D eigenvalue weighted by atomic mass is 10.2. The number of aromatic nitrogens is 3. The van der Waals surface area contributed by atoms with Gasteiger partial charge in [0.2, 0.25) is 0 Å². The highest BCUT2D eigenvalue weighted by atomic mass is 16.6. The Morgan fingerprint density at radius 3 is 2.72 bits per heavy atom. The van der Waals surface area contributed by atoms with Crippen LogP contribution in [-0.2, 0) is 4.74 Å². The van der Waals surface area contributed by atoms with Crippen molar-refractivity contribution in [3.05, 3.63) is 23.5 Å². The van der Waals surface area contributed by atoms with Crippen molar-refractivity contribution in [1.29, 1.82) is 0 Å². The summed E-state index contributed by atoms with van der Waals surface area (Å²) < 4.78 is 6.77. The van der Waals surface area contributed by atoms with Gasteiger partial charge >= 0.3 is 5.97 Å². The molecule has 0 radical (unpaired) electrons. The van der Waals surface area contributed by atoms with E-state index in [2.05, 4.69) is 10.1 Å². The van der Waals surface area contributed by atoms with E-state index in [1.165, 1.54) is 4.52 Å². The van der Waals surface area contributed by atoms with E-state index in [1.807, 2.05) is 6.92 Å². The molecule has 0 aliphatic heterocycles. The number of carbonyl (C=O) groups excluding carboxylic acids is 1. The van der Waals surface area contributed by atoms with Crippen LogP contribution in [0.5, 0.6) is 0 Å². The molecule has 0 atom stereocenters. The molecule has 2 aromatic heterocycles. The molecule has 0 saturated carbocycles. The second-order valence-electron chi connectivity index (χ2n) is 5.10. The van der Waals surface area contributed by atoms with E-state index in [0.29, 0.717) is 5.65 Å². The smallest absolute Gasteiger partial charge is 0.346 e. The van der Waals surface area contributed by atoms with Crippen molar-refractivity contribution in [2.75, 3.05) is 5.73 Å². The number of fused-ring (bicyclic) bond motifs is 1. The van der Waals surface area contributed by atoms with Crippen molar-refractivity contribution in [3.8, 4) is 0 Å². The van der Waals surface area contributed by atoms with Crippen LogP contribution < -0.4 is 5.73 Å². The number of hydrogen-bond donors (Lipinski definition) is 1. The van der Waals surface area contributed by atoms with E-state index in [0.717, 1.165) is 5.69 Å². The monoisotopic (exact) mass is 248 g/mol. The number of esters is 1. The third-order valence-electron chi connectivity index (χ3n) is 2.25. The van der Waals surface area contributed by atoms with E-state index in [9.17, 15) is 4.79 Å². The molecule has 0 unspecified atom stereocenters. The average Bonchev–Trinajstić information content (AvgIpc) is 2.50. The summed E-state index contributed by atoms with van der Waals surface area (Å²) in [6.07, 6.45) is 1.71. The van der Waals surface area contributed by atoms with Gasteiger partial charge in [0.25, 0.3) is 0 Å². The van der Waals surface area contributed by atoms with Gasteiger partial charge in [0.1, 0.15) is 11.2 Å². The lowest BCUT2D eigenvalue weighted by Gasteiger charge is -2.19. The van der Waals surface area contributed by atoms with Gasteiger partial charge in [-0.3, -0.25) is 0 Å². The van der Waals surface area contributed by atoms with Crippen LogP contribution in [0.15, 0.2) is 12.3 Å². The van der Waals surface area contributed by atoms with Crippen LogP contribution >= 0.6 is 0 Å². The number of nitrogens with two attached hydrogens (primary N) is 1. The lowest BCUT2D eigenvalue weighted by molar-refractivity contribution is 0.00728. The molecule has 0 aromatic carbocycles. The highest BCUT2D eigenvalue weighted by Crippen LogP contribution is 2.20. The van der Waals surface area contributed by atoms with Gasteiger partial charge < -0.3 is 10.5 Å². The van der Waals surface area contributed by atoms with Crippen LogP contribution in [0.4, 0.5) is 5.82 Å². The zero-order valence-corrected chi connectivity index (χ0v) is 10.9. The Labute approximate surface area is 105 Å². The molecule has 0 fully saturated rings. The second kappa shape index (κ2) is 3.97. The second-order valence-corrected chi connectivity index (χ2v) is 5.10. The fraction of sp³-hybridized carbons (Fsp3) is 0.417. The summed E-state index contributed by atoms with van der Waals surface area (Å²) in [5.41, 5.74) is 6.59. The Balaban J connectivity index is 2.53. The molecule has 96 valence electrons. The highest BCUT2D eigenvalue weighted by Gasteiger charge is 2.25. The summed E-state index contributed by atoms with van der Waals surface area (Å²) >= 11 is 0. The van der Waals surface area contributed by atoms with Crippen molar-refractivity contribution in [1.82, 2.24) is 14.6 Å². The van der Waals surface area contributed by atoms with Crippen LogP contribution in [-0.4, -0.2) is 26.2 Å². The van der Waals surface area contributed by atoms with Gasteiger partial charge in [0.15, 0.2) is 11.5 Å². The number of rotatable bonds is 1. The van der Waals surface area contributed by atoms with Gasteiger partial charge in [-0.15, -0.1) is 5.10 Å². The quantitative estimate of drug-likeness (QED) is 0.775. The molecule has 0 amide bonds. The number of carbonyl (C=O) groups is 1. The maximum atomic E-state index is 12.1. The lowest BCUT2D eigenvalue weighted by Crippen LogP contribution is -2.24. The van der Waals surface area contributed by atoms with Gasteiger partial charge in [-0.2, -0.15) is 0 Å². The first-order chi connectivity index (χ1) is 8.28. The first-order valence-electron chi connectivity index (χ1n) is 5.63. The van der Waals surface area contributed by atoms with E-state index in [-0.39, 0.29) is 11.4 Å². The van der Waals surface area contributed by atoms with Gasteiger partial charge in [0.05, 0.1) is 0 Å². The van der Waals surface area contributed by atoms with Crippen LogP contribution in [0, 0.1) is 6.92 Å². The normalized spacial score (nSPS) is 11.8. The molecular weight excluding hydrogens is 232 g/mol. The Morgan fingerprint density at radius 2 is 2.11 bits per heavy atom. The topological polar surface area (TPSA) is 82.5 Å². The predicted octanol–water partition coefficient (Wildman–Crippen LogP) is 1.58. The molecule has 0 bridgehead atoms. The minimum Gasteiger partial charge on any atom is -0.456 e. The molecule has 2 heterocycles. The van der Waals surface area contributed by atoms with Crippen molar-refractivity contribution in [2.24, 2.45) is 0 Å². The van der Waals surface area contributed by atoms with Crippen LogP contribution in [0.25, 0.3) is 5.65 Å². The maximum absolute atomic E-state index is 12.1. The van der Waals surface area contributed by atoms with Gasteiger partial charge in [-0.05, 0) is 33.8 Å². The van der Waals surface area contributed by atoms with Crippen molar-refractivity contribution >= 4 is 17.4 Å². The van der Waals surface area contributed by atoms with E-state index < -0.39 is 11.6 Å². The third-order valence-corrected chi connectivity index (χ3v) is 2.25. The SMILES string of the molecule is Cc1ccn2nc(N)c(C(=O)OC(C)(C)C)c2n1. The summed E-state index contributed by atoms with van der Waals surface area (Å²) in [5, 5.41) is 4.04. The minimum atomic E-state index is -0.582. The fourth-order valence-electron chi connectivity index (χ4n) is 1.56. The summed E-state index contributed by atoms with van der Waals surface area (Å²) in [5.74, 6) is -0.379. The molecule has 2 rings (SSSR count).